The van der Waals surface area contributed by atoms with Crippen molar-refractivity contribution in [2.24, 2.45) is 5.92 Å². The molecule has 0 aliphatic heterocycles. The van der Waals surface area contributed by atoms with Crippen molar-refractivity contribution >= 4 is 33.1 Å². The lowest BCUT2D eigenvalue weighted by Crippen LogP contribution is -1.92. The third-order valence-electron chi connectivity index (χ3n) is 4.99. The molecule has 1 heterocycles. The molecule has 1 aliphatic rings. The SMILES string of the molecule is CC(C)C1=C=C(c2ccc3oc4ccccc4c3c2)c2ccccc21. The van der Waals surface area contributed by atoms with Crippen LogP contribution >= 0.6 is 0 Å². The maximum atomic E-state index is 5.96. The summed E-state index contributed by atoms with van der Waals surface area (Å²) in [5, 5.41) is 2.33. The van der Waals surface area contributed by atoms with Crippen molar-refractivity contribution < 1.29 is 4.42 Å². The van der Waals surface area contributed by atoms with Crippen LogP contribution < -0.4 is 0 Å². The molecule has 0 spiro atoms. The molecule has 0 fully saturated rings. The Balaban J connectivity index is 1.78. The monoisotopic (exact) mass is 322 g/mol. The van der Waals surface area contributed by atoms with Gasteiger partial charge in [-0.3, -0.25) is 0 Å². The summed E-state index contributed by atoms with van der Waals surface area (Å²) in [6.07, 6.45) is 0. The van der Waals surface area contributed by atoms with Crippen molar-refractivity contribution in [1.82, 2.24) is 0 Å². The van der Waals surface area contributed by atoms with Crippen LogP contribution in [-0.4, -0.2) is 0 Å². The van der Waals surface area contributed by atoms with Crippen LogP contribution in [0.25, 0.3) is 33.1 Å². The predicted octanol–water partition coefficient (Wildman–Crippen LogP) is 6.67. The average Bonchev–Trinajstić information content (AvgIpc) is 3.20. The highest BCUT2D eigenvalue weighted by Gasteiger charge is 2.21. The molecule has 0 saturated heterocycles. The van der Waals surface area contributed by atoms with Crippen molar-refractivity contribution in [1.29, 1.82) is 0 Å². The van der Waals surface area contributed by atoms with E-state index in [4.69, 9.17) is 4.42 Å². The normalized spacial score (nSPS) is 13.4. The smallest absolute Gasteiger partial charge is 0.135 e. The number of hydrogen-bond donors (Lipinski definition) is 0. The van der Waals surface area contributed by atoms with Crippen LogP contribution in [0.5, 0.6) is 0 Å². The first kappa shape index (κ1) is 14.3. The second-order valence-electron chi connectivity index (χ2n) is 6.92. The molecule has 0 radical (unpaired) electrons. The average molecular weight is 322 g/mol. The first-order chi connectivity index (χ1) is 12.2. The Hall–Kier alpha value is -3.02. The van der Waals surface area contributed by atoms with Crippen molar-refractivity contribution in [2.45, 2.75) is 13.8 Å². The van der Waals surface area contributed by atoms with E-state index in [0.29, 0.717) is 5.92 Å². The van der Waals surface area contributed by atoms with Crippen LogP contribution in [0.4, 0.5) is 0 Å². The van der Waals surface area contributed by atoms with E-state index in [1.807, 2.05) is 12.1 Å². The molecule has 25 heavy (non-hydrogen) atoms. The molecule has 3 aromatic carbocycles. The van der Waals surface area contributed by atoms with Gasteiger partial charge in [0.25, 0.3) is 0 Å². The predicted molar refractivity (Wildman–Crippen MR) is 104 cm³/mol. The van der Waals surface area contributed by atoms with Gasteiger partial charge in [0.05, 0.1) is 0 Å². The third kappa shape index (κ3) is 2.10. The van der Waals surface area contributed by atoms with Gasteiger partial charge >= 0.3 is 0 Å². The van der Waals surface area contributed by atoms with Crippen LogP contribution in [0.3, 0.4) is 0 Å². The summed E-state index contributed by atoms with van der Waals surface area (Å²) in [7, 11) is 0. The summed E-state index contributed by atoms with van der Waals surface area (Å²) in [6.45, 7) is 4.46. The highest BCUT2D eigenvalue weighted by molar-refractivity contribution is 6.07. The topological polar surface area (TPSA) is 13.1 Å². The van der Waals surface area contributed by atoms with Gasteiger partial charge < -0.3 is 4.42 Å². The molecular weight excluding hydrogens is 304 g/mol. The molecule has 1 nitrogen and oxygen atoms in total. The molecular formula is C24H18O. The first-order valence-electron chi connectivity index (χ1n) is 8.74. The second kappa shape index (κ2) is 5.24. The Morgan fingerprint density at radius 2 is 1.48 bits per heavy atom. The molecule has 4 aromatic rings. The maximum absolute atomic E-state index is 5.96. The Bertz CT molecular complexity index is 1200. The van der Waals surface area contributed by atoms with Crippen molar-refractivity contribution in [3.63, 3.8) is 0 Å². The van der Waals surface area contributed by atoms with E-state index in [1.54, 1.807) is 0 Å². The minimum atomic E-state index is 0.456. The van der Waals surface area contributed by atoms with Crippen LogP contribution in [0.15, 0.2) is 76.9 Å². The zero-order valence-corrected chi connectivity index (χ0v) is 14.3. The fraction of sp³-hybridized carbons (Fsp3) is 0.125. The summed E-state index contributed by atoms with van der Waals surface area (Å²) in [6, 6.07) is 23.3. The molecule has 0 atom stereocenters. The van der Waals surface area contributed by atoms with E-state index < -0.39 is 0 Å². The van der Waals surface area contributed by atoms with E-state index in [9.17, 15) is 0 Å². The molecule has 1 heteroatoms. The van der Waals surface area contributed by atoms with Gasteiger partial charge in [0.15, 0.2) is 0 Å². The van der Waals surface area contributed by atoms with Gasteiger partial charge in [0, 0.05) is 21.9 Å². The van der Waals surface area contributed by atoms with Crippen LogP contribution in [0.2, 0.25) is 0 Å². The van der Waals surface area contributed by atoms with Crippen molar-refractivity contribution in [3.05, 3.63) is 89.2 Å². The first-order valence-corrected chi connectivity index (χ1v) is 8.74. The molecule has 1 aromatic heterocycles. The summed E-state index contributed by atoms with van der Waals surface area (Å²) >= 11 is 0. The molecule has 0 bridgehead atoms. The number of hydrogen-bond acceptors (Lipinski definition) is 1. The number of fused-ring (bicyclic) bond motifs is 4. The third-order valence-corrected chi connectivity index (χ3v) is 4.99. The molecule has 0 unspecified atom stereocenters. The minimum Gasteiger partial charge on any atom is -0.456 e. The fourth-order valence-electron chi connectivity index (χ4n) is 3.77. The van der Waals surface area contributed by atoms with Crippen LogP contribution in [0.1, 0.15) is 30.5 Å². The van der Waals surface area contributed by atoms with Gasteiger partial charge in [0.2, 0.25) is 0 Å². The van der Waals surface area contributed by atoms with E-state index in [-0.39, 0.29) is 0 Å². The highest BCUT2D eigenvalue weighted by atomic mass is 16.3. The fourth-order valence-corrected chi connectivity index (χ4v) is 3.77. The molecule has 5 rings (SSSR count). The summed E-state index contributed by atoms with van der Waals surface area (Å²) < 4.78 is 5.96. The zero-order valence-electron chi connectivity index (χ0n) is 14.3. The number of rotatable bonds is 2. The largest absolute Gasteiger partial charge is 0.456 e. The lowest BCUT2D eigenvalue weighted by molar-refractivity contribution is 0.669. The van der Waals surface area contributed by atoms with E-state index in [0.717, 1.165) is 16.6 Å². The van der Waals surface area contributed by atoms with Gasteiger partial charge in [-0.2, -0.15) is 0 Å². The summed E-state index contributed by atoms with van der Waals surface area (Å²) in [5.74, 6) is 0.456. The lowest BCUT2D eigenvalue weighted by Gasteiger charge is -2.09. The molecule has 0 N–H and O–H groups in total. The van der Waals surface area contributed by atoms with Gasteiger partial charge in [-0.15, -0.1) is 5.73 Å². The highest BCUT2D eigenvalue weighted by Crippen LogP contribution is 2.40. The number of allylic oxidation sites excluding steroid dienone is 1. The van der Waals surface area contributed by atoms with Gasteiger partial charge in [-0.1, -0.05) is 56.3 Å². The Morgan fingerprint density at radius 3 is 2.32 bits per heavy atom. The minimum absolute atomic E-state index is 0.456. The molecule has 120 valence electrons. The second-order valence-corrected chi connectivity index (χ2v) is 6.92. The number of benzene rings is 3. The van der Waals surface area contributed by atoms with Gasteiger partial charge in [0.1, 0.15) is 11.2 Å². The lowest BCUT2D eigenvalue weighted by atomic mass is 9.93. The zero-order chi connectivity index (χ0) is 17.0. The van der Waals surface area contributed by atoms with Crippen molar-refractivity contribution in [2.75, 3.05) is 0 Å². The van der Waals surface area contributed by atoms with E-state index in [1.165, 1.54) is 33.2 Å². The Labute approximate surface area is 146 Å². The Kier molecular flexibility index (Phi) is 3.00. The van der Waals surface area contributed by atoms with Gasteiger partial charge in [-0.25, -0.2) is 0 Å². The van der Waals surface area contributed by atoms with Gasteiger partial charge in [-0.05, 0) is 46.9 Å². The van der Waals surface area contributed by atoms with Crippen LogP contribution in [0, 0.1) is 5.92 Å². The van der Waals surface area contributed by atoms with Crippen LogP contribution in [-0.2, 0) is 0 Å². The molecule has 1 aliphatic carbocycles. The molecule has 0 saturated carbocycles. The van der Waals surface area contributed by atoms with E-state index >= 15 is 0 Å². The van der Waals surface area contributed by atoms with Crippen molar-refractivity contribution in [3.8, 4) is 0 Å². The maximum Gasteiger partial charge on any atom is 0.135 e. The number of furan rings is 1. The standard InChI is InChI=1S/C24H18O/c1-15(2)20-14-21(18-8-4-3-7-17(18)20)16-11-12-24-22(13-16)19-9-5-6-10-23(19)25-24/h3-13,15H,1-2H3. The summed E-state index contributed by atoms with van der Waals surface area (Å²) in [4.78, 5) is 0. The molecule has 0 amide bonds. The van der Waals surface area contributed by atoms with E-state index in [2.05, 4.69) is 74.2 Å². The Morgan fingerprint density at radius 1 is 0.760 bits per heavy atom. The number of para-hydroxylation sites is 1. The summed E-state index contributed by atoms with van der Waals surface area (Å²) in [5.41, 5.74) is 11.8. The quantitative estimate of drug-likeness (QED) is 0.376.